The quantitative estimate of drug-likeness (QED) is 0.288. The number of benzene rings is 3. The van der Waals surface area contributed by atoms with Crippen LogP contribution in [0.4, 0.5) is 21.5 Å². The van der Waals surface area contributed by atoms with Gasteiger partial charge in [0.25, 0.3) is 17.7 Å². The van der Waals surface area contributed by atoms with Crippen molar-refractivity contribution >= 4 is 81.2 Å². The third kappa shape index (κ3) is 4.60. The lowest BCUT2D eigenvalue weighted by molar-refractivity contribution is -0.120. The van der Waals surface area contributed by atoms with E-state index in [1.807, 2.05) is 0 Å². The van der Waals surface area contributed by atoms with E-state index in [2.05, 4.69) is 10.6 Å². The predicted molar refractivity (Wildman–Crippen MR) is 131 cm³/mol. The SMILES string of the molecule is O=C(Nc1cc(Cl)c(Cl)cc1Cl)c1ccc(NC2=C(Cl)C(=O)N(c3ccccc3F)C2=O)cc1. The van der Waals surface area contributed by atoms with Crippen LogP contribution in [-0.4, -0.2) is 17.7 Å². The summed E-state index contributed by atoms with van der Waals surface area (Å²) in [7, 11) is 0. The zero-order valence-electron chi connectivity index (χ0n) is 16.8. The van der Waals surface area contributed by atoms with Gasteiger partial charge in [0.2, 0.25) is 0 Å². The molecule has 1 heterocycles. The van der Waals surface area contributed by atoms with Crippen molar-refractivity contribution in [3.05, 3.63) is 97.8 Å². The molecule has 0 fully saturated rings. The van der Waals surface area contributed by atoms with E-state index in [-0.39, 0.29) is 42.7 Å². The molecule has 0 radical (unpaired) electrons. The van der Waals surface area contributed by atoms with Gasteiger partial charge in [0.15, 0.2) is 0 Å². The second-order valence-corrected chi connectivity index (χ2v) is 8.59. The highest BCUT2D eigenvalue weighted by Crippen LogP contribution is 2.33. The Bertz CT molecular complexity index is 1380. The fourth-order valence-electron chi connectivity index (χ4n) is 3.13. The monoisotopic (exact) mass is 537 g/mol. The second kappa shape index (κ2) is 9.64. The molecule has 1 aliphatic heterocycles. The van der Waals surface area contributed by atoms with Crippen molar-refractivity contribution in [3.8, 4) is 0 Å². The Morgan fingerprint density at radius 2 is 1.47 bits per heavy atom. The summed E-state index contributed by atoms with van der Waals surface area (Å²) in [4.78, 5) is 38.5. The first kappa shape index (κ1) is 24.0. The number of anilines is 3. The van der Waals surface area contributed by atoms with Crippen LogP contribution in [0.5, 0.6) is 0 Å². The average molecular weight is 539 g/mol. The molecule has 172 valence electrons. The van der Waals surface area contributed by atoms with Gasteiger partial charge in [-0.05, 0) is 48.5 Å². The molecule has 3 amide bonds. The third-order valence-electron chi connectivity index (χ3n) is 4.80. The van der Waals surface area contributed by atoms with E-state index in [1.54, 1.807) is 0 Å². The van der Waals surface area contributed by atoms with E-state index in [0.29, 0.717) is 10.6 Å². The van der Waals surface area contributed by atoms with Gasteiger partial charge in [0, 0.05) is 11.3 Å². The lowest BCUT2D eigenvalue weighted by atomic mass is 10.2. The number of amides is 3. The molecule has 34 heavy (non-hydrogen) atoms. The van der Waals surface area contributed by atoms with E-state index in [4.69, 9.17) is 46.4 Å². The topological polar surface area (TPSA) is 78.5 Å². The third-order valence-corrected chi connectivity index (χ3v) is 6.18. The molecule has 2 N–H and O–H groups in total. The molecule has 0 aliphatic carbocycles. The summed E-state index contributed by atoms with van der Waals surface area (Å²) in [6, 6.07) is 14.2. The molecule has 0 saturated heterocycles. The largest absolute Gasteiger partial charge is 0.350 e. The number of carbonyl (C=O) groups is 3. The van der Waals surface area contributed by atoms with Crippen molar-refractivity contribution in [2.24, 2.45) is 0 Å². The highest BCUT2D eigenvalue weighted by Gasteiger charge is 2.40. The molecule has 3 aromatic rings. The van der Waals surface area contributed by atoms with Crippen molar-refractivity contribution in [1.82, 2.24) is 0 Å². The van der Waals surface area contributed by atoms with Gasteiger partial charge >= 0.3 is 0 Å². The van der Waals surface area contributed by atoms with Gasteiger partial charge < -0.3 is 10.6 Å². The lowest BCUT2D eigenvalue weighted by Gasteiger charge is -2.15. The minimum absolute atomic E-state index is 0.208. The van der Waals surface area contributed by atoms with Crippen molar-refractivity contribution in [1.29, 1.82) is 0 Å². The summed E-state index contributed by atoms with van der Waals surface area (Å²) in [5.41, 5.74) is 0.502. The van der Waals surface area contributed by atoms with E-state index < -0.39 is 23.5 Å². The maximum Gasteiger partial charge on any atom is 0.283 e. The standard InChI is InChI=1S/C23H12Cl4FN3O3/c24-13-9-15(26)17(10-14(13)25)30-21(32)11-5-7-12(8-6-11)29-20-19(27)22(33)31(23(20)34)18-4-2-1-3-16(18)28/h1-10,29H,(H,30,32). The van der Waals surface area contributed by atoms with E-state index >= 15 is 0 Å². The van der Waals surface area contributed by atoms with Crippen LogP contribution in [0.25, 0.3) is 0 Å². The minimum Gasteiger partial charge on any atom is -0.350 e. The van der Waals surface area contributed by atoms with Gasteiger partial charge in [0.05, 0.1) is 26.4 Å². The fraction of sp³-hybridized carbons (Fsp3) is 0. The van der Waals surface area contributed by atoms with Gasteiger partial charge in [-0.2, -0.15) is 0 Å². The molecule has 0 unspecified atom stereocenters. The summed E-state index contributed by atoms with van der Waals surface area (Å²) in [5.74, 6) is -2.88. The van der Waals surface area contributed by atoms with Crippen LogP contribution >= 0.6 is 46.4 Å². The van der Waals surface area contributed by atoms with E-state index in [9.17, 15) is 18.8 Å². The summed E-state index contributed by atoms with van der Waals surface area (Å²) in [6.07, 6.45) is 0. The van der Waals surface area contributed by atoms with Crippen LogP contribution in [0.3, 0.4) is 0 Å². The number of imide groups is 1. The van der Waals surface area contributed by atoms with Crippen molar-refractivity contribution in [2.75, 3.05) is 15.5 Å². The van der Waals surface area contributed by atoms with Gasteiger partial charge in [-0.25, -0.2) is 9.29 Å². The lowest BCUT2D eigenvalue weighted by Crippen LogP contribution is -2.33. The van der Waals surface area contributed by atoms with Crippen molar-refractivity contribution in [2.45, 2.75) is 0 Å². The molecule has 0 aromatic heterocycles. The number of nitrogens with one attached hydrogen (secondary N) is 2. The average Bonchev–Trinajstić information content (AvgIpc) is 3.01. The van der Waals surface area contributed by atoms with Crippen molar-refractivity contribution in [3.63, 3.8) is 0 Å². The fourth-order valence-corrected chi connectivity index (χ4v) is 3.93. The number of rotatable bonds is 5. The molecule has 6 nitrogen and oxygen atoms in total. The molecule has 0 spiro atoms. The molecule has 1 aliphatic rings. The number of para-hydroxylation sites is 1. The maximum atomic E-state index is 14.1. The first-order chi connectivity index (χ1) is 16.2. The maximum absolute atomic E-state index is 14.1. The zero-order valence-corrected chi connectivity index (χ0v) is 19.9. The number of carbonyl (C=O) groups excluding carboxylic acids is 3. The Morgan fingerprint density at radius 1 is 0.824 bits per heavy atom. The summed E-state index contributed by atoms with van der Waals surface area (Å²) < 4.78 is 14.1. The Hall–Kier alpha value is -3.10. The summed E-state index contributed by atoms with van der Waals surface area (Å²) in [5, 5.41) is 5.70. The van der Waals surface area contributed by atoms with Gasteiger partial charge in [0.1, 0.15) is 16.5 Å². The Kier molecular flexibility index (Phi) is 6.81. The molecular formula is C23H12Cl4FN3O3. The van der Waals surface area contributed by atoms with Crippen LogP contribution in [0.15, 0.2) is 71.4 Å². The highest BCUT2D eigenvalue weighted by atomic mass is 35.5. The number of halogens is 5. The molecule has 4 rings (SSSR count). The first-order valence-electron chi connectivity index (χ1n) is 9.53. The molecule has 0 atom stereocenters. The zero-order chi connectivity index (χ0) is 24.6. The van der Waals surface area contributed by atoms with E-state index in [1.165, 1.54) is 54.6 Å². The smallest absolute Gasteiger partial charge is 0.283 e. The van der Waals surface area contributed by atoms with Gasteiger partial charge in [-0.1, -0.05) is 58.5 Å². The number of hydrogen-bond donors (Lipinski definition) is 2. The van der Waals surface area contributed by atoms with Gasteiger partial charge in [-0.15, -0.1) is 0 Å². The first-order valence-corrected chi connectivity index (χ1v) is 11.0. The van der Waals surface area contributed by atoms with E-state index in [0.717, 1.165) is 6.07 Å². The van der Waals surface area contributed by atoms with Crippen LogP contribution in [-0.2, 0) is 9.59 Å². The van der Waals surface area contributed by atoms with Crippen LogP contribution in [0, 0.1) is 5.82 Å². The number of nitrogens with zero attached hydrogens (tertiary/aromatic N) is 1. The molecule has 0 saturated carbocycles. The van der Waals surface area contributed by atoms with Crippen LogP contribution < -0.4 is 15.5 Å². The molecular weight excluding hydrogens is 527 g/mol. The summed E-state index contributed by atoms with van der Waals surface area (Å²) >= 11 is 24.0. The summed E-state index contributed by atoms with van der Waals surface area (Å²) in [6.45, 7) is 0. The molecule has 3 aromatic carbocycles. The van der Waals surface area contributed by atoms with Gasteiger partial charge in [-0.3, -0.25) is 14.4 Å². The Labute approximate surface area is 212 Å². The molecule has 11 heteroatoms. The Balaban J connectivity index is 1.50. The number of hydrogen-bond acceptors (Lipinski definition) is 4. The minimum atomic E-state index is -0.853. The normalized spacial score (nSPS) is 13.5. The van der Waals surface area contributed by atoms with Crippen LogP contribution in [0.1, 0.15) is 10.4 Å². The second-order valence-electron chi connectivity index (χ2n) is 6.99. The van der Waals surface area contributed by atoms with Crippen LogP contribution in [0.2, 0.25) is 15.1 Å². The Morgan fingerprint density at radius 3 is 2.15 bits per heavy atom. The molecule has 0 bridgehead atoms. The predicted octanol–water partition coefficient (Wildman–Crippen LogP) is 6.47. The highest BCUT2D eigenvalue weighted by molar-refractivity contribution is 6.53. The van der Waals surface area contributed by atoms with Crippen molar-refractivity contribution < 1.29 is 18.8 Å².